The Morgan fingerprint density at radius 1 is 1.83 bits per heavy atom. The minimum absolute atomic E-state index is 0.274. The SMILES string of the molecule is NS(=O)NC=O. The number of carbonyl (C=O) groups excluding carboxylic acids is 1. The lowest BCUT2D eigenvalue weighted by Crippen LogP contribution is -2.21. The summed E-state index contributed by atoms with van der Waals surface area (Å²) in [4.78, 5) is 9.23. The zero-order valence-electron chi connectivity index (χ0n) is 2.88. The highest BCUT2D eigenvalue weighted by molar-refractivity contribution is 7.81. The van der Waals surface area contributed by atoms with Crippen molar-refractivity contribution in [2.24, 2.45) is 5.14 Å². The number of nitrogens with one attached hydrogen (secondary N) is 1. The molecule has 1 amide bonds. The van der Waals surface area contributed by atoms with E-state index >= 15 is 0 Å². The lowest BCUT2D eigenvalue weighted by molar-refractivity contribution is -0.108. The van der Waals surface area contributed by atoms with E-state index in [0.717, 1.165) is 0 Å². The highest BCUT2D eigenvalue weighted by atomic mass is 32.2. The maximum absolute atomic E-state index is 9.59. The van der Waals surface area contributed by atoms with E-state index in [1.54, 1.807) is 4.72 Å². The van der Waals surface area contributed by atoms with Crippen LogP contribution >= 0.6 is 0 Å². The van der Waals surface area contributed by atoms with Crippen molar-refractivity contribution in [2.75, 3.05) is 0 Å². The van der Waals surface area contributed by atoms with E-state index in [9.17, 15) is 9.00 Å². The summed E-state index contributed by atoms with van der Waals surface area (Å²) in [6.45, 7) is 0. The van der Waals surface area contributed by atoms with Gasteiger partial charge in [0.1, 0.15) is 0 Å². The number of amides is 1. The fourth-order valence-corrected chi connectivity index (χ4v) is 0.142. The standard InChI is InChI=1S/CH4N2O2S/c2-6(5)3-1-4/h1H,2H2,(H,3,4). The Labute approximate surface area is 37.4 Å². The van der Waals surface area contributed by atoms with E-state index in [1.165, 1.54) is 0 Å². The van der Waals surface area contributed by atoms with Crippen LogP contribution in [-0.2, 0) is 16.0 Å². The molecule has 1 unspecified atom stereocenters. The summed E-state index contributed by atoms with van der Waals surface area (Å²) in [6.07, 6.45) is 0.274. The molecule has 0 saturated carbocycles. The average Bonchev–Trinajstić information content (AvgIpc) is 1.35. The Morgan fingerprint density at radius 3 is 2.33 bits per heavy atom. The molecule has 5 heteroatoms. The molecule has 0 aromatic carbocycles. The molecule has 0 saturated heterocycles. The monoisotopic (exact) mass is 108 g/mol. The molecule has 0 aromatic rings. The Balaban J connectivity index is 3.05. The number of rotatable bonds is 2. The van der Waals surface area contributed by atoms with Gasteiger partial charge in [-0.15, -0.1) is 0 Å². The van der Waals surface area contributed by atoms with E-state index in [1.807, 2.05) is 0 Å². The molecule has 0 aromatic heterocycles. The fraction of sp³-hybridized carbons (Fsp3) is 0. The van der Waals surface area contributed by atoms with E-state index < -0.39 is 11.2 Å². The van der Waals surface area contributed by atoms with Crippen LogP contribution in [0.4, 0.5) is 0 Å². The maximum atomic E-state index is 9.59. The zero-order chi connectivity index (χ0) is 4.99. The van der Waals surface area contributed by atoms with Gasteiger partial charge in [0.05, 0.1) is 0 Å². The van der Waals surface area contributed by atoms with E-state index in [4.69, 9.17) is 0 Å². The summed E-state index contributed by atoms with van der Waals surface area (Å²) < 4.78 is 11.4. The van der Waals surface area contributed by atoms with Gasteiger partial charge < -0.3 is 0 Å². The molecular weight excluding hydrogens is 104 g/mol. The van der Waals surface area contributed by atoms with Gasteiger partial charge in [0.25, 0.3) is 0 Å². The van der Waals surface area contributed by atoms with Gasteiger partial charge in [0.2, 0.25) is 6.41 Å². The van der Waals surface area contributed by atoms with Gasteiger partial charge in [-0.05, 0) is 0 Å². The first-order chi connectivity index (χ1) is 2.77. The van der Waals surface area contributed by atoms with Crippen LogP contribution in [0.5, 0.6) is 0 Å². The fourth-order valence-electron chi connectivity index (χ4n) is 0.0474. The Hall–Kier alpha value is -0.420. The molecule has 0 fully saturated rings. The molecule has 0 bridgehead atoms. The highest BCUT2D eigenvalue weighted by Gasteiger charge is 1.76. The van der Waals surface area contributed by atoms with Crippen LogP contribution in [-0.4, -0.2) is 10.6 Å². The molecular formula is CH4N2O2S. The lowest BCUT2D eigenvalue weighted by atomic mass is 11.5. The number of hydrogen-bond donors (Lipinski definition) is 2. The smallest absolute Gasteiger partial charge is 0.219 e. The van der Waals surface area contributed by atoms with Crippen molar-refractivity contribution in [3.63, 3.8) is 0 Å². The molecule has 4 nitrogen and oxygen atoms in total. The molecule has 0 heterocycles. The number of hydrogen-bond acceptors (Lipinski definition) is 2. The first-order valence-electron chi connectivity index (χ1n) is 1.13. The van der Waals surface area contributed by atoms with E-state index in [0.29, 0.717) is 0 Å². The first kappa shape index (κ1) is 5.58. The summed E-state index contributed by atoms with van der Waals surface area (Å²) in [6, 6.07) is 0. The highest BCUT2D eigenvalue weighted by Crippen LogP contribution is 1.41. The van der Waals surface area contributed by atoms with Crippen molar-refractivity contribution >= 4 is 17.6 Å². The minimum Gasteiger partial charge on any atom is -0.278 e. The quantitative estimate of drug-likeness (QED) is 0.412. The zero-order valence-corrected chi connectivity index (χ0v) is 3.70. The second-order valence-corrected chi connectivity index (χ2v) is 1.36. The predicted octanol–water partition coefficient (Wildman–Crippen LogP) is -1.73. The van der Waals surface area contributed by atoms with Crippen molar-refractivity contribution in [3.8, 4) is 0 Å². The normalized spacial score (nSPS) is 12.8. The molecule has 36 valence electrons. The largest absolute Gasteiger partial charge is 0.278 e. The molecule has 0 aliphatic rings. The summed E-state index contributed by atoms with van der Waals surface area (Å²) in [5, 5.41) is 4.53. The second kappa shape index (κ2) is 2.80. The molecule has 0 aliphatic heterocycles. The van der Waals surface area contributed by atoms with Crippen molar-refractivity contribution in [1.82, 2.24) is 4.72 Å². The minimum atomic E-state index is -1.68. The lowest BCUT2D eigenvalue weighted by Gasteiger charge is -1.81. The average molecular weight is 108 g/mol. The van der Waals surface area contributed by atoms with Crippen LogP contribution in [0.15, 0.2) is 0 Å². The van der Waals surface area contributed by atoms with Crippen molar-refractivity contribution in [1.29, 1.82) is 0 Å². The molecule has 1 atom stereocenters. The van der Waals surface area contributed by atoms with Crippen LogP contribution in [0.3, 0.4) is 0 Å². The Morgan fingerprint density at radius 2 is 2.33 bits per heavy atom. The van der Waals surface area contributed by atoms with Crippen molar-refractivity contribution < 1.29 is 9.00 Å². The van der Waals surface area contributed by atoms with Crippen molar-refractivity contribution in [2.45, 2.75) is 0 Å². The van der Waals surface area contributed by atoms with Crippen LogP contribution in [0.25, 0.3) is 0 Å². The van der Waals surface area contributed by atoms with Crippen LogP contribution in [0.1, 0.15) is 0 Å². The predicted molar refractivity (Wildman–Crippen MR) is 21.5 cm³/mol. The van der Waals surface area contributed by atoms with E-state index in [-0.39, 0.29) is 6.41 Å². The third-order valence-corrected chi connectivity index (χ3v) is 0.493. The van der Waals surface area contributed by atoms with Gasteiger partial charge in [-0.2, -0.15) is 0 Å². The van der Waals surface area contributed by atoms with Gasteiger partial charge in [-0.1, -0.05) is 0 Å². The first-order valence-corrected chi connectivity index (χ1v) is 2.34. The molecule has 6 heavy (non-hydrogen) atoms. The molecule has 0 aliphatic carbocycles. The molecule has 0 rings (SSSR count). The second-order valence-electron chi connectivity index (χ2n) is 0.533. The topological polar surface area (TPSA) is 72.2 Å². The van der Waals surface area contributed by atoms with E-state index in [2.05, 4.69) is 5.14 Å². The Kier molecular flexibility index (Phi) is 2.60. The third kappa shape index (κ3) is 3.58. The number of nitrogens with two attached hydrogens (primary N) is 1. The summed E-state index contributed by atoms with van der Waals surface area (Å²) in [5.74, 6) is 0. The summed E-state index contributed by atoms with van der Waals surface area (Å²) in [7, 11) is 0. The maximum Gasteiger partial charge on any atom is 0.219 e. The Bertz CT molecular complexity index is 71.9. The van der Waals surface area contributed by atoms with Gasteiger partial charge >= 0.3 is 0 Å². The summed E-state index contributed by atoms with van der Waals surface area (Å²) in [5.41, 5.74) is 0. The van der Waals surface area contributed by atoms with Gasteiger partial charge in [0.15, 0.2) is 11.2 Å². The van der Waals surface area contributed by atoms with Crippen LogP contribution in [0, 0.1) is 0 Å². The summed E-state index contributed by atoms with van der Waals surface area (Å²) >= 11 is -1.68. The number of carbonyl (C=O) groups is 1. The van der Waals surface area contributed by atoms with Gasteiger partial charge in [-0.3, -0.25) is 9.52 Å². The molecule has 0 spiro atoms. The van der Waals surface area contributed by atoms with Crippen LogP contribution < -0.4 is 9.86 Å². The van der Waals surface area contributed by atoms with Crippen molar-refractivity contribution in [3.05, 3.63) is 0 Å². The van der Waals surface area contributed by atoms with Gasteiger partial charge in [-0.25, -0.2) is 9.35 Å². The molecule has 3 N–H and O–H groups in total. The van der Waals surface area contributed by atoms with Gasteiger partial charge in [0, 0.05) is 0 Å². The van der Waals surface area contributed by atoms with Crippen LogP contribution in [0.2, 0.25) is 0 Å². The molecule has 0 radical (unpaired) electrons. The third-order valence-electron chi connectivity index (χ3n) is 0.164.